The summed E-state index contributed by atoms with van der Waals surface area (Å²) in [6.07, 6.45) is 8.48. The molecule has 1 aromatic heterocycles. The Labute approximate surface area is 363 Å². The van der Waals surface area contributed by atoms with Crippen LogP contribution in [0.3, 0.4) is 0 Å². The Bertz CT molecular complexity index is 2000. The van der Waals surface area contributed by atoms with E-state index in [0.717, 1.165) is 79.5 Å². The smallest absolute Gasteiger partial charge is 0.248 e. The number of halogens is 1. The lowest BCUT2D eigenvalue weighted by molar-refractivity contribution is -0.123. The molecular formula is C51H70FN5O4. The Hall–Kier alpha value is -4.87. The highest BCUT2D eigenvalue weighted by molar-refractivity contribution is 5.91. The normalized spacial score (nSPS) is 14.6. The number of carbonyl (C=O) groups is 1. The number of hydrogen-bond acceptors (Lipinski definition) is 7. The molecule has 0 aliphatic carbocycles. The number of pyridine rings is 1. The number of aliphatic hydroxyl groups is 1. The second-order valence-electron chi connectivity index (χ2n) is 16.0. The summed E-state index contributed by atoms with van der Waals surface area (Å²) < 4.78 is 6.05. The van der Waals surface area contributed by atoms with Gasteiger partial charge >= 0.3 is 0 Å². The molecule has 4 aromatic carbocycles. The largest absolute Gasteiger partial charge is 0.487 e. The summed E-state index contributed by atoms with van der Waals surface area (Å²) in [5, 5.41) is 15.3. The lowest BCUT2D eigenvalue weighted by Crippen LogP contribution is -2.49. The van der Waals surface area contributed by atoms with Gasteiger partial charge in [0.15, 0.2) is 0 Å². The molecule has 5 N–H and O–H groups in total. The van der Waals surface area contributed by atoms with Crippen molar-refractivity contribution < 1.29 is 19.3 Å². The first-order valence-electron chi connectivity index (χ1n) is 22.4. The van der Waals surface area contributed by atoms with Gasteiger partial charge in [0.05, 0.1) is 11.6 Å². The molecule has 1 fully saturated rings. The molecule has 0 spiro atoms. The third-order valence-electron chi connectivity index (χ3n) is 12.2. The summed E-state index contributed by atoms with van der Waals surface area (Å²) in [5.41, 5.74) is 9.61. The van der Waals surface area contributed by atoms with Crippen LogP contribution in [-0.2, 0) is 16.8 Å². The molecule has 5 aromatic rings. The standard InChI is InChI=1S/C45H54N4O4.C6H15N.FH/c46-44(52)45(35-19-11-7-12-20-35,36-21-13-8-14-22-36)37-27-30-49(32-37)29-16-5-3-1-2-4-15-28-47-31-40(50)38-23-25-41(43-39(38)24-26-42(51)48-43)53-33-34-17-9-6-10-18-34;1-4-7(5-2)6-3;/h6-14,17-26,37,40,47,50H,1-5,15-16,27-33H2,(H2,46,52)(H,48,51);4-6H2,1-3H3;1H/t37-,40+;;/m1../s1. The average molecular weight is 836 g/mol. The number of likely N-dealkylation sites (tertiary alicyclic amines) is 1. The lowest BCUT2D eigenvalue weighted by atomic mass is 9.64. The number of nitrogens with zero attached hydrogens (tertiary/aromatic N) is 2. The third-order valence-corrected chi connectivity index (χ3v) is 12.2. The van der Waals surface area contributed by atoms with E-state index in [2.05, 4.69) is 65.1 Å². The monoisotopic (exact) mass is 836 g/mol. The van der Waals surface area contributed by atoms with Gasteiger partial charge in [0, 0.05) is 24.5 Å². The topological polar surface area (TPSA) is 124 Å². The van der Waals surface area contributed by atoms with Gasteiger partial charge in [-0.15, -0.1) is 0 Å². The van der Waals surface area contributed by atoms with Gasteiger partial charge in [0.1, 0.15) is 17.8 Å². The van der Waals surface area contributed by atoms with Gasteiger partial charge in [0.2, 0.25) is 11.5 Å². The summed E-state index contributed by atoms with van der Waals surface area (Å²) in [6, 6.07) is 37.1. The number of benzene rings is 4. The van der Waals surface area contributed by atoms with E-state index in [1.165, 1.54) is 51.4 Å². The van der Waals surface area contributed by atoms with Gasteiger partial charge < -0.3 is 35.7 Å². The molecular weight excluding hydrogens is 766 g/mol. The number of ether oxygens (including phenoxy) is 1. The van der Waals surface area contributed by atoms with Crippen LogP contribution < -0.4 is 21.3 Å². The van der Waals surface area contributed by atoms with Crippen LogP contribution in [0.4, 0.5) is 4.70 Å². The Morgan fingerprint density at radius 2 is 1.39 bits per heavy atom. The van der Waals surface area contributed by atoms with Crippen molar-refractivity contribution in [2.45, 2.75) is 90.3 Å². The molecule has 1 aliphatic rings. The number of aromatic nitrogens is 1. The molecule has 0 radical (unpaired) electrons. The maximum atomic E-state index is 13.3. The fourth-order valence-electron chi connectivity index (χ4n) is 8.80. The van der Waals surface area contributed by atoms with Crippen molar-refractivity contribution in [3.8, 4) is 5.75 Å². The van der Waals surface area contributed by atoms with E-state index in [4.69, 9.17) is 10.5 Å². The van der Waals surface area contributed by atoms with E-state index in [1.54, 1.807) is 6.07 Å². The van der Waals surface area contributed by atoms with Crippen LogP contribution >= 0.6 is 0 Å². The highest BCUT2D eigenvalue weighted by atomic mass is 19.0. The Morgan fingerprint density at radius 1 is 0.820 bits per heavy atom. The van der Waals surface area contributed by atoms with Crippen LogP contribution in [-0.4, -0.2) is 78.2 Å². The Balaban J connectivity index is 0.000000942. The van der Waals surface area contributed by atoms with Crippen molar-refractivity contribution >= 4 is 16.8 Å². The third kappa shape index (κ3) is 13.6. The van der Waals surface area contributed by atoms with E-state index in [-0.39, 0.29) is 22.1 Å². The van der Waals surface area contributed by atoms with Gasteiger partial charge in [-0.2, -0.15) is 0 Å². The van der Waals surface area contributed by atoms with Gasteiger partial charge in [0.25, 0.3) is 0 Å². The number of hydrogen-bond donors (Lipinski definition) is 4. The Kier molecular flexibility index (Phi) is 20.6. The molecule has 61 heavy (non-hydrogen) atoms. The molecule has 0 unspecified atom stereocenters. The maximum absolute atomic E-state index is 13.3. The molecule has 1 aliphatic heterocycles. The van der Waals surface area contributed by atoms with E-state index in [0.29, 0.717) is 24.4 Å². The molecule has 9 nitrogen and oxygen atoms in total. The van der Waals surface area contributed by atoms with Crippen LogP contribution in [0.5, 0.6) is 5.75 Å². The van der Waals surface area contributed by atoms with Gasteiger partial charge in [-0.05, 0) is 98.8 Å². The Morgan fingerprint density at radius 3 is 1.97 bits per heavy atom. The minimum atomic E-state index is -0.829. The first-order valence-corrected chi connectivity index (χ1v) is 22.4. The number of nitrogens with one attached hydrogen (secondary N) is 2. The number of aliphatic hydroxyl groups excluding tert-OH is 1. The predicted molar refractivity (Wildman–Crippen MR) is 249 cm³/mol. The zero-order chi connectivity index (χ0) is 42.6. The second-order valence-corrected chi connectivity index (χ2v) is 16.0. The molecule has 0 saturated carbocycles. The number of nitrogens with two attached hydrogens (primary N) is 1. The molecule has 6 rings (SSSR count). The second kappa shape index (κ2) is 25.8. The van der Waals surface area contributed by atoms with Crippen LogP contribution in [0.25, 0.3) is 10.9 Å². The highest BCUT2D eigenvalue weighted by Crippen LogP contribution is 2.43. The molecule has 2 heterocycles. The first-order chi connectivity index (χ1) is 29.3. The van der Waals surface area contributed by atoms with Gasteiger partial charge in [-0.3, -0.25) is 14.3 Å². The van der Waals surface area contributed by atoms with E-state index < -0.39 is 11.5 Å². The number of rotatable bonds is 23. The first kappa shape index (κ1) is 48.8. The number of H-pyrrole nitrogens is 1. The lowest BCUT2D eigenvalue weighted by Gasteiger charge is -2.37. The van der Waals surface area contributed by atoms with Crippen molar-refractivity contribution in [2.24, 2.45) is 11.7 Å². The summed E-state index contributed by atoms with van der Waals surface area (Å²) in [5.74, 6) is 0.453. The van der Waals surface area contributed by atoms with Crippen molar-refractivity contribution in [1.29, 1.82) is 0 Å². The number of carbonyl (C=O) groups excluding carboxylic acids is 1. The van der Waals surface area contributed by atoms with Crippen LogP contribution in [0.15, 0.2) is 120 Å². The summed E-state index contributed by atoms with van der Waals surface area (Å²) in [7, 11) is 0. The molecule has 330 valence electrons. The van der Waals surface area contributed by atoms with Crippen molar-refractivity contribution in [3.05, 3.63) is 148 Å². The fraction of sp³-hybridized carbons (Fsp3) is 0.451. The zero-order valence-electron chi connectivity index (χ0n) is 36.7. The van der Waals surface area contributed by atoms with Crippen LogP contribution in [0.2, 0.25) is 0 Å². The SMILES string of the molecule is CCN(CC)CC.F.NC(=O)C(c1ccccc1)(c1ccccc1)[C@@H]1CCN(CCCCCCCCCNC[C@H](O)c2ccc(OCc3ccccc3)c3[nH]c(=O)ccc23)C1. The highest BCUT2D eigenvalue weighted by Gasteiger charge is 2.49. The summed E-state index contributed by atoms with van der Waals surface area (Å²) in [4.78, 5) is 33.3. The molecule has 0 bridgehead atoms. The van der Waals surface area contributed by atoms with Gasteiger partial charge in [-0.25, -0.2) is 0 Å². The van der Waals surface area contributed by atoms with Crippen molar-refractivity contribution in [1.82, 2.24) is 20.1 Å². The number of fused-ring (bicyclic) bond motifs is 1. The fourth-order valence-corrected chi connectivity index (χ4v) is 8.80. The van der Waals surface area contributed by atoms with Crippen molar-refractivity contribution in [3.63, 3.8) is 0 Å². The molecule has 2 atom stereocenters. The molecule has 1 amide bonds. The van der Waals surface area contributed by atoms with E-state index in [9.17, 15) is 14.7 Å². The predicted octanol–water partition coefficient (Wildman–Crippen LogP) is 8.75. The number of amides is 1. The summed E-state index contributed by atoms with van der Waals surface area (Å²) in [6.45, 7) is 14.7. The number of primary amides is 1. The number of unbranched alkanes of at least 4 members (excludes halogenated alkanes) is 6. The van der Waals surface area contributed by atoms with Gasteiger partial charge in [-0.1, -0.05) is 150 Å². The zero-order valence-corrected chi connectivity index (χ0v) is 36.7. The van der Waals surface area contributed by atoms with Crippen LogP contribution in [0, 0.1) is 5.92 Å². The van der Waals surface area contributed by atoms with Crippen LogP contribution in [0.1, 0.15) is 100 Å². The quantitative estimate of drug-likeness (QED) is 0.0486. The average Bonchev–Trinajstić information content (AvgIpc) is 3.75. The molecule has 10 heteroatoms. The minimum Gasteiger partial charge on any atom is -0.487 e. The summed E-state index contributed by atoms with van der Waals surface area (Å²) >= 11 is 0. The maximum Gasteiger partial charge on any atom is 0.248 e. The minimum absolute atomic E-state index is 0. The molecule has 1 saturated heterocycles. The number of aromatic amines is 1. The van der Waals surface area contributed by atoms with Crippen molar-refractivity contribution in [2.75, 3.05) is 52.4 Å². The van der Waals surface area contributed by atoms with E-state index >= 15 is 0 Å². The van der Waals surface area contributed by atoms with E-state index in [1.807, 2.05) is 78.9 Å².